The molecule has 0 aliphatic heterocycles. The van der Waals surface area contributed by atoms with Crippen molar-refractivity contribution in [2.45, 2.75) is 27.7 Å². The van der Waals surface area contributed by atoms with Gasteiger partial charge in [-0.2, -0.15) is 0 Å². The van der Waals surface area contributed by atoms with E-state index in [9.17, 15) is 30.3 Å². The van der Waals surface area contributed by atoms with Crippen LogP contribution in [0.1, 0.15) is 27.7 Å². The predicted molar refractivity (Wildman–Crippen MR) is 99.7 cm³/mol. The summed E-state index contributed by atoms with van der Waals surface area (Å²) in [5.41, 5.74) is 0.303. The molecule has 0 heterocycles. The molecule has 0 saturated heterocycles. The molecule has 1 aromatic rings. The van der Waals surface area contributed by atoms with E-state index >= 15 is 0 Å². The maximum Gasteiger partial charge on any atom is 0.321 e. The lowest BCUT2D eigenvalue weighted by molar-refractivity contribution is -0.780. The van der Waals surface area contributed by atoms with E-state index in [1.807, 2.05) is 5.59 Å². The molecule has 0 radical (unpaired) electrons. The SMILES string of the molecule is CCN(CC)[N+](=O)NOc1cc(O/N=[N+](\[O-])N(CC)CC)c([N+](=O)[O-])cc1[N+](=O)[O-]. The van der Waals surface area contributed by atoms with Gasteiger partial charge in [0.2, 0.25) is 16.8 Å². The molecule has 0 unspecified atom stereocenters. The van der Waals surface area contributed by atoms with Crippen LogP contribution in [0.5, 0.6) is 11.5 Å². The predicted octanol–water partition coefficient (Wildman–Crippen LogP) is 1.85. The molecule has 0 aromatic heterocycles. The molecule has 0 amide bonds. The fraction of sp³-hybridized carbons (Fsp3) is 0.571. The van der Waals surface area contributed by atoms with Crippen molar-refractivity contribution in [2.75, 3.05) is 26.2 Å². The molecular weight excluding hydrogens is 408 g/mol. The monoisotopic (exact) mass is 431 g/mol. The van der Waals surface area contributed by atoms with Gasteiger partial charge in [0.1, 0.15) is 6.07 Å². The average molecular weight is 431 g/mol. The minimum Gasteiger partial charge on any atom is -0.569 e. The minimum absolute atomic E-state index is 0.0870. The molecule has 0 atom stereocenters. The van der Waals surface area contributed by atoms with Gasteiger partial charge in [-0.05, 0) is 27.7 Å². The Balaban J connectivity index is 3.29. The highest BCUT2D eigenvalue weighted by Crippen LogP contribution is 2.39. The molecule has 1 aromatic carbocycles. The molecule has 0 aliphatic rings. The fourth-order valence-corrected chi connectivity index (χ4v) is 2.20. The first-order valence-electron chi connectivity index (χ1n) is 8.91. The van der Waals surface area contributed by atoms with Crippen molar-refractivity contribution >= 4 is 11.4 Å². The molecule has 0 aliphatic carbocycles. The van der Waals surface area contributed by atoms with E-state index < -0.39 is 32.7 Å². The molecule has 16 heteroatoms. The average Bonchev–Trinajstić information content (AvgIpc) is 2.71. The van der Waals surface area contributed by atoms with Crippen molar-refractivity contribution in [1.82, 2.24) is 15.6 Å². The summed E-state index contributed by atoms with van der Waals surface area (Å²) >= 11 is 0. The number of hydrazine groups is 3. The van der Waals surface area contributed by atoms with Gasteiger partial charge in [-0.3, -0.25) is 25.1 Å². The Morgan fingerprint density at radius 3 is 1.83 bits per heavy atom. The quantitative estimate of drug-likeness (QED) is 0.208. The number of hydrogen-bond acceptors (Lipinski definition) is 9. The van der Waals surface area contributed by atoms with Crippen molar-refractivity contribution in [3.8, 4) is 11.5 Å². The van der Waals surface area contributed by atoms with Gasteiger partial charge in [0, 0.05) is 6.07 Å². The van der Waals surface area contributed by atoms with Crippen LogP contribution in [-0.4, -0.2) is 56.0 Å². The number of nitroso groups, excluding NO2 is 1. The van der Waals surface area contributed by atoms with E-state index in [1.165, 1.54) is 10.0 Å². The minimum atomic E-state index is -0.947. The van der Waals surface area contributed by atoms with Gasteiger partial charge < -0.3 is 10.0 Å². The summed E-state index contributed by atoms with van der Waals surface area (Å²) in [6.07, 6.45) is 0. The summed E-state index contributed by atoms with van der Waals surface area (Å²) in [5, 5.41) is 40.1. The molecular formula is C14H23N8O8+. The van der Waals surface area contributed by atoms with E-state index in [0.717, 1.165) is 6.07 Å². The maximum absolute atomic E-state index is 11.9. The molecule has 1 rings (SSSR count). The summed E-state index contributed by atoms with van der Waals surface area (Å²) in [6, 6.07) is 1.35. The van der Waals surface area contributed by atoms with Gasteiger partial charge in [-0.25, -0.2) is 0 Å². The zero-order chi connectivity index (χ0) is 22.8. The summed E-state index contributed by atoms with van der Waals surface area (Å²) < 4.78 is 0. The van der Waals surface area contributed by atoms with Gasteiger partial charge in [-0.1, -0.05) is 0 Å². The van der Waals surface area contributed by atoms with Crippen molar-refractivity contribution < 1.29 is 29.5 Å². The lowest BCUT2D eigenvalue weighted by Crippen LogP contribution is -2.43. The first-order chi connectivity index (χ1) is 14.2. The first kappa shape index (κ1) is 24.1. The second kappa shape index (κ2) is 11.1. The Hall–Kier alpha value is -3.98. The Bertz CT molecular complexity index is 809. The van der Waals surface area contributed by atoms with E-state index in [4.69, 9.17) is 9.68 Å². The van der Waals surface area contributed by atoms with Crippen molar-refractivity contribution in [3.63, 3.8) is 0 Å². The number of benzene rings is 1. The normalized spacial score (nSPS) is 10.9. The van der Waals surface area contributed by atoms with Crippen LogP contribution >= 0.6 is 0 Å². The van der Waals surface area contributed by atoms with Crippen molar-refractivity contribution in [3.05, 3.63) is 42.5 Å². The summed E-state index contributed by atoms with van der Waals surface area (Å²) in [4.78, 5) is 42.6. The Kier molecular flexibility index (Phi) is 8.92. The Morgan fingerprint density at radius 2 is 1.37 bits per heavy atom. The van der Waals surface area contributed by atoms with Crippen LogP contribution in [0.4, 0.5) is 11.4 Å². The van der Waals surface area contributed by atoms with Crippen LogP contribution in [0.15, 0.2) is 17.4 Å². The topological polar surface area (TPSA) is 182 Å². The van der Waals surface area contributed by atoms with Crippen LogP contribution in [0.2, 0.25) is 0 Å². The highest BCUT2D eigenvalue weighted by atomic mass is 16.7. The number of nitrogens with zero attached hydrogens (tertiary/aromatic N) is 7. The van der Waals surface area contributed by atoms with E-state index in [2.05, 4.69) is 5.28 Å². The lowest BCUT2D eigenvalue weighted by atomic mass is 10.2. The van der Waals surface area contributed by atoms with Gasteiger partial charge in [0.05, 0.1) is 51.5 Å². The van der Waals surface area contributed by atoms with Crippen LogP contribution in [-0.2, 0) is 0 Å². The molecule has 166 valence electrons. The van der Waals surface area contributed by atoms with Gasteiger partial charge in [-0.15, -0.1) is 10.0 Å². The number of nitrogens with one attached hydrogen (secondary N) is 1. The van der Waals surface area contributed by atoms with Crippen molar-refractivity contribution in [2.24, 2.45) is 5.28 Å². The van der Waals surface area contributed by atoms with Crippen LogP contribution in [0.25, 0.3) is 0 Å². The van der Waals surface area contributed by atoms with Gasteiger partial charge >= 0.3 is 11.4 Å². The number of rotatable bonds is 13. The second-order valence-electron chi connectivity index (χ2n) is 5.47. The molecule has 0 spiro atoms. The summed E-state index contributed by atoms with van der Waals surface area (Å²) in [5.74, 6) is -1.17. The molecule has 16 nitrogen and oxygen atoms in total. The van der Waals surface area contributed by atoms with Gasteiger partial charge in [0.25, 0.3) is 4.98 Å². The second-order valence-corrected chi connectivity index (χ2v) is 5.47. The molecule has 1 N–H and O–H groups in total. The molecule has 0 saturated carbocycles. The third-order valence-electron chi connectivity index (χ3n) is 3.84. The van der Waals surface area contributed by atoms with E-state index in [1.54, 1.807) is 27.7 Å². The zero-order valence-corrected chi connectivity index (χ0v) is 16.9. The Labute approximate surface area is 170 Å². The van der Waals surface area contributed by atoms with Crippen LogP contribution in [0.3, 0.4) is 0 Å². The van der Waals surface area contributed by atoms with Crippen LogP contribution < -0.4 is 15.3 Å². The Morgan fingerprint density at radius 1 is 0.867 bits per heavy atom. The molecule has 30 heavy (non-hydrogen) atoms. The lowest BCUT2D eigenvalue weighted by Gasteiger charge is -2.13. The van der Waals surface area contributed by atoms with Crippen molar-refractivity contribution in [1.29, 1.82) is 0 Å². The largest absolute Gasteiger partial charge is 0.569 e. The van der Waals surface area contributed by atoms with Gasteiger partial charge in [0.15, 0.2) is 0 Å². The number of hydrogen-bond donors (Lipinski definition) is 1. The fourth-order valence-electron chi connectivity index (χ4n) is 2.20. The standard InChI is InChI=1S/C14H23N8O8/c1-5-17(6-2)21(27)15-29-13-10-14(30-16-22(28)18(7-3)8-4)12(20(25)26)9-11(13)19(23)24/h9-10H,5-8H2,1-4H3,(H,15,27)/q+1/b22-16-. The zero-order valence-electron chi connectivity index (χ0n) is 16.9. The first-order valence-corrected chi connectivity index (χ1v) is 8.91. The summed E-state index contributed by atoms with van der Waals surface area (Å²) in [6.45, 7) is 7.97. The van der Waals surface area contributed by atoms with Crippen LogP contribution in [0, 0.1) is 30.3 Å². The molecule has 0 fully saturated rings. The smallest absolute Gasteiger partial charge is 0.321 e. The number of nitro groups is 2. The highest BCUT2D eigenvalue weighted by Gasteiger charge is 2.30. The third kappa shape index (κ3) is 6.01. The highest BCUT2D eigenvalue weighted by molar-refractivity contribution is 5.61. The third-order valence-corrected chi connectivity index (χ3v) is 3.84. The van der Waals surface area contributed by atoms with E-state index in [-0.39, 0.29) is 23.0 Å². The van der Waals surface area contributed by atoms with E-state index in [0.29, 0.717) is 19.2 Å². The molecule has 0 bridgehead atoms. The number of nitro benzene ring substituents is 2. The maximum atomic E-state index is 11.9. The summed E-state index contributed by atoms with van der Waals surface area (Å²) in [7, 11) is 0.